The molecule has 0 spiro atoms. The largest absolute Gasteiger partial charge is 0.350 e. The highest BCUT2D eigenvalue weighted by Crippen LogP contribution is 2.34. The second-order valence-electron chi connectivity index (χ2n) is 5.13. The van der Waals surface area contributed by atoms with Gasteiger partial charge in [-0.2, -0.15) is 16.9 Å². The Kier molecular flexibility index (Phi) is 4.91. The van der Waals surface area contributed by atoms with Crippen molar-refractivity contribution in [2.24, 2.45) is 0 Å². The van der Waals surface area contributed by atoms with Crippen molar-refractivity contribution in [1.82, 2.24) is 9.78 Å². The van der Waals surface area contributed by atoms with E-state index in [4.69, 9.17) is 0 Å². The number of hydrogen-bond acceptors (Lipinski definition) is 5. The Morgan fingerprint density at radius 2 is 2.25 bits per heavy atom. The van der Waals surface area contributed by atoms with E-state index in [0.29, 0.717) is 23.3 Å². The Morgan fingerprint density at radius 3 is 2.85 bits per heavy atom. The highest BCUT2D eigenvalue weighted by molar-refractivity contribution is 7.99. The van der Waals surface area contributed by atoms with Crippen LogP contribution in [-0.2, 0) is 6.54 Å². The van der Waals surface area contributed by atoms with Crippen molar-refractivity contribution in [2.75, 3.05) is 24.2 Å². The number of thioether (sulfide) groups is 1. The zero-order chi connectivity index (χ0) is 14.7. The summed E-state index contributed by atoms with van der Waals surface area (Å²) < 4.78 is 1.77. The molecule has 1 aliphatic rings. The molecule has 1 fully saturated rings. The molecule has 0 saturated carbocycles. The van der Waals surface area contributed by atoms with Gasteiger partial charge in [0.25, 0.3) is 0 Å². The monoisotopic (exact) mass is 298 g/mol. The van der Waals surface area contributed by atoms with Crippen LogP contribution in [0.5, 0.6) is 0 Å². The molecule has 112 valence electrons. The molecule has 0 bridgehead atoms. The molecule has 1 aliphatic heterocycles. The number of anilines is 1. The summed E-state index contributed by atoms with van der Waals surface area (Å²) >= 11 is 1.85. The standard InChI is InChI=1S/C13H22N4O2S/c1-4-16-13(12(17(18)19)10(2)14-16)15-8-6-5-7-11(9-15)20-3/h11H,4-9H2,1-3H3. The van der Waals surface area contributed by atoms with Crippen molar-refractivity contribution >= 4 is 23.3 Å². The Balaban J connectivity index is 2.41. The molecule has 2 rings (SSSR count). The van der Waals surface area contributed by atoms with Gasteiger partial charge >= 0.3 is 5.69 Å². The predicted molar refractivity (Wildman–Crippen MR) is 82.7 cm³/mol. The highest BCUT2D eigenvalue weighted by atomic mass is 32.2. The second-order valence-corrected chi connectivity index (χ2v) is 6.27. The average Bonchev–Trinajstić information content (AvgIpc) is 2.61. The van der Waals surface area contributed by atoms with Gasteiger partial charge in [-0.15, -0.1) is 0 Å². The summed E-state index contributed by atoms with van der Waals surface area (Å²) in [6.07, 6.45) is 5.58. The predicted octanol–water partition coefficient (Wildman–Crippen LogP) is 2.84. The van der Waals surface area contributed by atoms with Gasteiger partial charge in [-0.05, 0) is 32.9 Å². The minimum Gasteiger partial charge on any atom is -0.350 e. The molecule has 1 saturated heterocycles. The van der Waals surface area contributed by atoms with Crippen LogP contribution in [0.1, 0.15) is 31.9 Å². The molecule has 0 aliphatic carbocycles. The molecule has 20 heavy (non-hydrogen) atoms. The van der Waals surface area contributed by atoms with E-state index in [1.54, 1.807) is 11.6 Å². The molecule has 1 aromatic heterocycles. The normalized spacial score (nSPS) is 19.9. The van der Waals surface area contributed by atoms with Crippen molar-refractivity contribution in [3.8, 4) is 0 Å². The third-order valence-corrected chi connectivity index (χ3v) is 4.86. The molecule has 1 atom stereocenters. The summed E-state index contributed by atoms with van der Waals surface area (Å²) in [5.41, 5.74) is 0.686. The Morgan fingerprint density at radius 1 is 1.50 bits per heavy atom. The molecule has 2 heterocycles. The van der Waals surface area contributed by atoms with Crippen molar-refractivity contribution < 1.29 is 4.92 Å². The lowest BCUT2D eigenvalue weighted by molar-refractivity contribution is -0.384. The quantitative estimate of drug-likeness (QED) is 0.632. The van der Waals surface area contributed by atoms with E-state index in [-0.39, 0.29) is 10.6 Å². The maximum Gasteiger partial charge on any atom is 0.333 e. The van der Waals surface area contributed by atoms with E-state index in [1.807, 2.05) is 18.7 Å². The van der Waals surface area contributed by atoms with E-state index in [9.17, 15) is 10.1 Å². The Hall–Kier alpha value is -1.24. The van der Waals surface area contributed by atoms with Crippen molar-refractivity contribution in [3.05, 3.63) is 15.8 Å². The van der Waals surface area contributed by atoms with Crippen molar-refractivity contribution in [3.63, 3.8) is 0 Å². The summed E-state index contributed by atoms with van der Waals surface area (Å²) in [6.45, 7) is 6.10. The minimum atomic E-state index is -0.289. The van der Waals surface area contributed by atoms with Gasteiger partial charge in [-0.25, -0.2) is 4.68 Å². The lowest BCUT2D eigenvalue weighted by Gasteiger charge is -2.25. The molecule has 7 heteroatoms. The van der Waals surface area contributed by atoms with Gasteiger partial charge < -0.3 is 4.90 Å². The van der Waals surface area contributed by atoms with Crippen LogP contribution in [0.25, 0.3) is 0 Å². The zero-order valence-corrected chi connectivity index (χ0v) is 13.2. The molecule has 0 N–H and O–H groups in total. The van der Waals surface area contributed by atoms with E-state index in [2.05, 4.69) is 16.3 Å². The van der Waals surface area contributed by atoms with E-state index in [1.165, 1.54) is 12.8 Å². The third kappa shape index (κ3) is 2.92. The van der Waals surface area contributed by atoms with Crippen LogP contribution in [0.2, 0.25) is 0 Å². The Labute approximate surface area is 123 Å². The smallest absolute Gasteiger partial charge is 0.333 e. The van der Waals surface area contributed by atoms with Gasteiger partial charge in [-0.1, -0.05) is 6.42 Å². The summed E-state index contributed by atoms with van der Waals surface area (Å²) in [4.78, 5) is 13.2. The SMILES string of the molecule is CCn1nc(C)c([N+](=O)[O-])c1N1CCCCC(SC)C1. The molecule has 0 radical (unpaired) electrons. The summed E-state index contributed by atoms with van der Waals surface area (Å²) in [5, 5.41) is 16.2. The van der Waals surface area contributed by atoms with Gasteiger partial charge in [0.1, 0.15) is 5.69 Å². The van der Waals surface area contributed by atoms with Crippen LogP contribution in [-0.4, -0.2) is 39.3 Å². The first-order valence-corrected chi connectivity index (χ1v) is 8.36. The lowest BCUT2D eigenvalue weighted by atomic mass is 10.2. The number of nitrogens with zero attached hydrogens (tertiary/aromatic N) is 4. The second kappa shape index (κ2) is 6.47. The molecule has 6 nitrogen and oxygen atoms in total. The fraction of sp³-hybridized carbons (Fsp3) is 0.769. The first-order valence-electron chi connectivity index (χ1n) is 7.08. The molecule has 1 unspecified atom stereocenters. The fourth-order valence-electron chi connectivity index (χ4n) is 2.79. The van der Waals surface area contributed by atoms with Crippen LogP contribution in [0.4, 0.5) is 11.5 Å². The van der Waals surface area contributed by atoms with Gasteiger partial charge in [-0.3, -0.25) is 10.1 Å². The first kappa shape index (κ1) is 15.2. The Bertz CT molecular complexity index is 489. The van der Waals surface area contributed by atoms with Crippen LogP contribution in [0.3, 0.4) is 0 Å². The van der Waals surface area contributed by atoms with Crippen LogP contribution in [0.15, 0.2) is 0 Å². The molecule has 0 aromatic carbocycles. The van der Waals surface area contributed by atoms with Crippen molar-refractivity contribution in [1.29, 1.82) is 0 Å². The summed E-state index contributed by atoms with van der Waals surface area (Å²) in [6, 6.07) is 0. The molecule has 0 amide bonds. The fourth-order valence-corrected chi connectivity index (χ4v) is 3.53. The first-order chi connectivity index (χ1) is 9.58. The average molecular weight is 298 g/mol. The third-order valence-electron chi connectivity index (χ3n) is 3.81. The zero-order valence-electron chi connectivity index (χ0n) is 12.3. The number of rotatable bonds is 4. The summed E-state index contributed by atoms with van der Waals surface area (Å²) in [7, 11) is 0. The van der Waals surface area contributed by atoms with Gasteiger partial charge in [0.2, 0.25) is 5.82 Å². The molecule has 1 aromatic rings. The van der Waals surface area contributed by atoms with Gasteiger partial charge in [0, 0.05) is 24.9 Å². The van der Waals surface area contributed by atoms with Crippen LogP contribution >= 0.6 is 11.8 Å². The summed E-state index contributed by atoms with van der Waals surface area (Å²) in [5.74, 6) is 0.691. The topological polar surface area (TPSA) is 64.2 Å². The number of nitro groups is 1. The van der Waals surface area contributed by atoms with E-state index in [0.717, 1.165) is 19.5 Å². The molecular formula is C13H22N4O2S. The van der Waals surface area contributed by atoms with E-state index < -0.39 is 0 Å². The lowest BCUT2D eigenvalue weighted by Crippen LogP contribution is -2.31. The maximum absolute atomic E-state index is 11.4. The number of hydrogen-bond donors (Lipinski definition) is 0. The number of aryl methyl sites for hydroxylation is 2. The minimum absolute atomic E-state index is 0.175. The maximum atomic E-state index is 11.4. The highest BCUT2D eigenvalue weighted by Gasteiger charge is 2.31. The number of aromatic nitrogens is 2. The van der Waals surface area contributed by atoms with Crippen molar-refractivity contribution in [2.45, 2.75) is 44.9 Å². The van der Waals surface area contributed by atoms with E-state index >= 15 is 0 Å². The molecular weight excluding hydrogens is 276 g/mol. The van der Waals surface area contributed by atoms with Crippen LogP contribution < -0.4 is 4.90 Å². The van der Waals surface area contributed by atoms with Crippen LogP contribution in [0, 0.1) is 17.0 Å². The van der Waals surface area contributed by atoms with Gasteiger partial charge in [0.05, 0.1) is 4.92 Å². The van der Waals surface area contributed by atoms with Gasteiger partial charge in [0.15, 0.2) is 0 Å².